The van der Waals surface area contributed by atoms with Crippen LogP contribution in [0.15, 0.2) is 6.07 Å². The van der Waals surface area contributed by atoms with E-state index in [1.165, 1.54) is 0 Å². The van der Waals surface area contributed by atoms with Crippen LogP contribution in [0.3, 0.4) is 0 Å². The summed E-state index contributed by atoms with van der Waals surface area (Å²) in [5.74, 6) is 2.09. The first-order chi connectivity index (χ1) is 10.7. The van der Waals surface area contributed by atoms with Crippen molar-refractivity contribution in [3.63, 3.8) is 0 Å². The number of ether oxygens (including phenoxy) is 3. The van der Waals surface area contributed by atoms with Crippen LogP contribution >= 0.6 is 11.3 Å². The molecule has 0 aliphatic carbocycles. The van der Waals surface area contributed by atoms with Crippen molar-refractivity contribution in [2.45, 2.75) is 39.7 Å². The van der Waals surface area contributed by atoms with Gasteiger partial charge in [-0.15, -0.1) is 11.3 Å². The maximum Gasteiger partial charge on any atom is 0.205 e. The van der Waals surface area contributed by atoms with Gasteiger partial charge in [0.1, 0.15) is 5.52 Å². The predicted molar refractivity (Wildman–Crippen MR) is 92.0 cm³/mol. The molecule has 0 amide bonds. The number of thiazole rings is 1. The van der Waals surface area contributed by atoms with Gasteiger partial charge in [0.2, 0.25) is 5.75 Å². The van der Waals surface area contributed by atoms with Gasteiger partial charge in [-0.3, -0.25) is 0 Å². The zero-order chi connectivity index (χ0) is 15.9. The highest BCUT2D eigenvalue weighted by atomic mass is 32.1. The lowest BCUT2D eigenvalue weighted by molar-refractivity contribution is 0.263. The van der Waals surface area contributed by atoms with Crippen molar-refractivity contribution >= 4 is 31.8 Å². The monoisotopic (exact) mass is 336 g/mol. The van der Waals surface area contributed by atoms with Gasteiger partial charge in [-0.1, -0.05) is 6.04 Å². The third kappa shape index (κ3) is 3.73. The molecule has 0 N–H and O–H groups in total. The molecule has 0 unspecified atom stereocenters. The molecule has 0 aliphatic rings. The van der Waals surface area contributed by atoms with Gasteiger partial charge < -0.3 is 14.2 Å². The summed E-state index contributed by atoms with van der Waals surface area (Å²) >= 11 is 1.70. The van der Waals surface area contributed by atoms with E-state index in [4.69, 9.17) is 19.2 Å². The summed E-state index contributed by atoms with van der Waals surface area (Å²) in [6.07, 6.45) is 2.03. The molecular formula is C16H22NO3SSi. The summed E-state index contributed by atoms with van der Waals surface area (Å²) in [5.41, 5.74) is 0.878. The van der Waals surface area contributed by atoms with E-state index in [2.05, 4.69) is 10.2 Å². The van der Waals surface area contributed by atoms with Crippen molar-refractivity contribution in [1.29, 1.82) is 0 Å². The molecule has 1 aromatic heterocycles. The average molecular weight is 337 g/mol. The number of aryl methyl sites for hydroxylation is 1. The molecule has 0 bridgehead atoms. The molecule has 4 nitrogen and oxygen atoms in total. The van der Waals surface area contributed by atoms with Gasteiger partial charge in [-0.2, -0.15) is 0 Å². The van der Waals surface area contributed by atoms with Gasteiger partial charge in [-0.25, -0.2) is 4.98 Å². The third-order valence-electron chi connectivity index (χ3n) is 3.05. The van der Waals surface area contributed by atoms with E-state index in [1.807, 2.05) is 26.8 Å². The SMILES string of the molecule is CCOc1cc2sc(CCC[Si])nc2c(OCC)c1OCC. The summed E-state index contributed by atoms with van der Waals surface area (Å²) < 4.78 is 18.4. The van der Waals surface area contributed by atoms with Crippen molar-refractivity contribution < 1.29 is 14.2 Å². The smallest absolute Gasteiger partial charge is 0.205 e. The van der Waals surface area contributed by atoms with E-state index in [9.17, 15) is 0 Å². The molecular weight excluding hydrogens is 314 g/mol. The molecule has 1 aromatic carbocycles. The summed E-state index contributed by atoms with van der Waals surface area (Å²) in [6.45, 7) is 7.61. The van der Waals surface area contributed by atoms with Crippen molar-refractivity contribution in [1.82, 2.24) is 4.98 Å². The molecule has 22 heavy (non-hydrogen) atoms. The van der Waals surface area contributed by atoms with Gasteiger partial charge >= 0.3 is 0 Å². The molecule has 6 heteroatoms. The topological polar surface area (TPSA) is 40.6 Å². The highest BCUT2D eigenvalue weighted by Gasteiger charge is 2.20. The first-order valence-electron chi connectivity index (χ1n) is 7.74. The second-order valence-electron chi connectivity index (χ2n) is 4.64. The van der Waals surface area contributed by atoms with Crippen LogP contribution in [0.5, 0.6) is 17.2 Å². The van der Waals surface area contributed by atoms with Crippen LogP contribution in [0.25, 0.3) is 10.2 Å². The zero-order valence-corrected chi connectivity index (χ0v) is 15.2. The lowest BCUT2D eigenvalue weighted by Gasteiger charge is -2.15. The average Bonchev–Trinajstić information content (AvgIpc) is 2.91. The van der Waals surface area contributed by atoms with E-state index in [0.717, 1.165) is 39.9 Å². The normalized spacial score (nSPS) is 10.9. The highest BCUT2D eigenvalue weighted by Crippen LogP contribution is 2.45. The van der Waals surface area contributed by atoms with Gasteiger partial charge in [0, 0.05) is 16.3 Å². The Bertz CT molecular complexity index is 615. The number of hydrogen-bond donors (Lipinski definition) is 0. The van der Waals surface area contributed by atoms with Crippen LogP contribution in [0, 0.1) is 0 Å². The molecule has 3 radical (unpaired) electrons. The van der Waals surface area contributed by atoms with Crippen molar-refractivity contribution in [3.05, 3.63) is 11.1 Å². The molecule has 0 atom stereocenters. The highest BCUT2D eigenvalue weighted by molar-refractivity contribution is 7.18. The summed E-state index contributed by atoms with van der Waals surface area (Å²) in [7, 11) is 3.51. The largest absolute Gasteiger partial charge is 0.490 e. The number of fused-ring (bicyclic) bond motifs is 1. The number of rotatable bonds is 9. The lowest BCUT2D eigenvalue weighted by atomic mass is 10.2. The fourth-order valence-electron chi connectivity index (χ4n) is 2.21. The molecule has 0 fully saturated rings. The fraction of sp³-hybridized carbons (Fsp3) is 0.562. The van der Waals surface area contributed by atoms with Crippen LogP contribution in [0.2, 0.25) is 6.04 Å². The Morgan fingerprint density at radius 1 is 1.05 bits per heavy atom. The minimum atomic E-state index is 0.562. The lowest BCUT2D eigenvalue weighted by Crippen LogP contribution is -2.03. The van der Waals surface area contributed by atoms with E-state index < -0.39 is 0 Å². The Kier molecular flexibility index (Phi) is 6.51. The number of aromatic nitrogens is 1. The Hall–Kier alpha value is -1.27. The molecule has 0 spiro atoms. The standard InChI is InChI=1S/C16H22NO3SSi/c1-4-18-11-10-12-14(17-13(21-12)8-7-9-22)16(20-6-3)15(11)19-5-2/h10H,4-9H2,1-3H3. The third-order valence-corrected chi connectivity index (χ3v) is 4.47. The number of nitrogens with zero attached hydrogens (tertiary/aromatic N) is 1. The quantitative estimate of drug-likeness (QED) is 0.649. The van der Waals surface area contributed by atoms with Crippen LogP contribution in [0.4, 0.5) is 0 Å². The van der Waals surface area contributed by atoms with Gasteiger partial charge in [0.25, 0.3) is 0 Å². The first kappa shape index (κ1) is 17.1. The first-order valence-corrected chi connectivity index (χ1v) is 9.26. The molecule has 2 rings (SSSR count). The summed E-state index contributed by atoms with van der Waals surface area (Å²) in [6, 6.07) is 2.99. The summed E-state index contributed by atoms with van der Waals surface area (Å²) in [4.78, 5) is 4.75. The Balaban J connectivity index is 2.55. The van der Waals surface area contributed by atoms with E-state index in [1.54, 1.807) is 11.3 Å². The van der Waals surface area contributed by atoms with E-state index >= 15 is 0 Å². The molecule has 119 valence electrons. The van der Waals surface area contributed by atoms with Crippen molar-refractivity contribution in [2.24, 2.45) is 0 Å². The predicted octanol–water partition coefficient (Wildman–Crippen LogP) is 4.01. The van der Waals surface area contributed by atoms with Gasteiger partial charge in [-0.05, 0) is 33.6 Å². The number of benzene rings is 1. The van der Waals surface area contributed by atoms with Crippen LogP contribution < -0.4 is 14.2 Å². The van der Waals surface area contributed by atoms with E-state index in [-0.39, 0.29) is 0 Å². The minimum absolute atomic E-state index is 0.562. The molecule has 0 saturated carbocycles. The molecule has 0 saturated heterocycles. The van der Waals surface area contributed by atoms with Crippen LogP contribution in [0.1, 0.15) is 32.2 Å². The Morgan fingerprint density at radius 2 is 1.73 bits per heavy atom. The molecule has 0 aliphatic heterocycles. The maximum absolute atomic E-state index is 5.84. The van der Waals surface area contributed by atoms with Crippen LogP contribution in [-0.4, -0.2) is 35.0 Å². The minimum Gasteiger partial charge on any atom is -0.490 e. The van der Waals surface area contributed by atoms with Gasteiger partial charge in [0.15, 0.2) is 11.5 Å². The number of hydrogen-bond acceptors (Lipinski definition) is 5. The summed E-state index contributed by atoms with van der Waals surface area (Å²) in [5, 5.41) is 1.12. The fourth-order valence-corrected chi connectivity index (χ4v) is 3.43. The molecule has 1 heterocycles. The molecule has 2 aromatic rings. The van der Waals surface area contributed by atoms with Crippen molar-refractivity contribution in [3.8, 4) is 17.2 Å². The Morgan fingerprint density at radius 3 is 2.36 bits per heavy atom. The van der Waals surface area contributed by atoms with Crippen molar-refractivity contribution in [2.75, 3.05) is 19.8 Å². The Labute approximate surface area is 139 Å². The second kappa shape index (κ2) is 8.38. The van der Waals surface area contributed by atoms with Gasteiger partial charge in [0.05, 0.1) is 29.5 Å². The van der Waals surface area contributed by atoms with Crippen LogP contribution in [-0.2, 0) is 6.42 Å². The maximum atomic E-state index is 5.84. The second-order valence-corrected chi connectivity index (χ2v) is 6.26. The zero-order valence-electron chi connectivity index (χ0n) is 13.4. The van der Waals surface area contributed by atoms with E-state index in [0.29, 0.717) is 31.3 Å².